The molecule has 0 bridgehead atoms. The van der Waals surface area contributed by atoms with Crippen LogP contribution in [0, 0.1) is 6.92 Å². The maximum atomic E-state index is 11.2. The predicted octanol–water partition coefficient (Wildman–Crippen LogP) is 3.11. The fourth-order valence-corrected chi connectivity index (χ4v) is 2.90. The van der Waals surface area contributed by atoms with Crippen molar-refractivity contribution in [3.8, 4) is 11.4 Å². The summed E-state index contributed by atoms with van der Waals surface area (Å²) in [6.07, 6.45) is 0. The van der Waals surface area contributed by atoms with Crippen LogP contribution < -0.4 is 5.32 Å². The molecule has 3 aromatic rings. The molecule has 1 unspecified atom stereocenters. The maximum Gasteiger partial charge on any atom is 0.354 e. The molecule has 1 atom stereocenters. The van der Waals surface area contributed by atoms with Gasteiger partial charge in [0.25, 0.3) is 0 Å². The van der Waals surface area contributed by atoms with Crippen LogP contribution in [0.3, 0.4) is 0 Å². The molecular formula is C20H25N5O3. The molecule has 0 aliphatic heterocycles. The third kappa shape index (κ3) is 4.12. The minimum absolute atomic E-state index is 0.159. The number of carboxylic acid groups (broad SMARTS) is 1. The monoisotopic (exact) mass is 383 g/mol. The largest absolute Gasteiger partial charge is 0.477 e. The number of carboxylic acids is 1. The third-order valence-electron chi connectivity index (χ3n) is 4.73. The standard InChI is InChI=1S/C20H25N5O3/c1-12-7-6-8-14(9-12)17-22-18(28-24-17)13(2)21-11-20(3,4)16-10-15(19(26)27)25(5)23-16/h6-10,13,21H,11H2,1-5H3,(H,26,27). The van der Waals surface area contributed by atoms with E-state index in [-0.39, 0.29) is 17.2 Å². The molecule has 3 rings (SSSR count). The van der Waals surface area contributed by atoms with E-state index in [1.165, 1.54) is 4.68 Å². The van der Waals surface area contributed by atoms with Crippen molar-refractivity contribution in [3.05, 3.63) is 53.2 Å². The maximum absolute atomic E-state index is 11.2. The molecule has 0 saturated heterocycles. The first-order chi connectivity index (χ1) is 13.2. The predicted molar refractivity (Wildman–Crippen MR) is 104 cm³/mol. The summed E-state index contributed by atoms with van der Waals surface area (Å²) in [6, 6.07) is 9.39. The lowest BCUT2D eigenvalue weighted by Gasteiger charge is -2.24. The molecule has 2 heterocycles. The van der Waals surface area contributed by atoms with Crippen molar-refractivity contribution in [2.45, 2.75) is 39.2 Å². The molecule has 0 saturated carbocycles. The van der Waals surface area contributed by atoms with E-state index in [4.69, 9.17) is 4.52 Å². The van der Waals surface area contributed by atoms with Gasteiger partial charge in [0.2, 0.25) is 11.7 Å². The van der Waals surface area contributed by atoms with Gasteiger partial charge < -0.3 is 14.9 Å². The number of hydrogen-bond donors (Lipinski definition) is 2. The van der Waals surface area contributed by atoms with Crippen molar-refractivity contribution >= 4 is 5.97 Å². The van der Waals surface area contributed by atoms with Crippen LogP contribution in [0.5, 0.6) is 0 Å². The average Bonchev–Trinajstić information content (AvgIpc) is 3.27. The van der Waals surface area contributed by atoms with Gasteiger partial charge in [-0.1, -0.05) is 42.8 Å². The van der Waals surface area contributed by atoms with Crippen molar-refractivity contribution in [2.75, 3.05) is 6.54 Å². The summed E-state index contributed by atoms with van der Waals surface area (Å²) in [4.78, 5) is 15.7. The SMILES string of the molecule is Cc1cccc(-c2noc(C(C)NCC(C)(C)c3cc(C(=O)O)n(C)n3)n2)c1. The van der Waals surface area contributed by atoms with Gasteiger partial charge in [-0.2, -0.15) is 10.1 Å². The van der Waals surface area contributed by atoms with Crippen molar-refractivity contribution < 1.29 is 14.4 Å². The van der Waals surface area contributed by atoms with Crippen LogP contribution in [-0.2, 0) is 12.5 Å². The first-order valence-corrected chi connectivity index (χ1v) is 9.09. The lowest BCUT2D eigenvalue weighted by atomic mass is 9.89. The number of aryl methyl sites for hydroxylation is 2. The van der Waals surface area contributed by atoms with Crippen molar-refractivity contribution in [1.29, 1.82) is 0 Å². The summed E-state index contributed by atoms with van der Waals surface area (Å²) in [5.74, 6) is 0.0647. The van der Waals surface area contributed by atoms with Crippen LogP contribution in [0.25, 0.3) is 11.4 Å². The molecule has 8 nitrogen and oxygen atoms in total. The lowest BCUT2D eigenvalue weighted by Crippen LogP contribution is -2.35. The topological polar surface area (TPSA) is 106 Å². The van der Waals surface area contributed by atoms with Gasteiger partial charge in [0.1, 0.15) is 5.69 Å². The molecule has 2 N–H and O–H groups in total. The van der Waals surface area contributed by atoms with Crippen LogP contribution >= 0.6 is 0 Å². The Kier molecular flexibility index (Phi) is 5.33. The second-order valence-electron chi connectivity index (χ2n) is 7.66. The van der Waals surface area contributed by atoms with Gasteiger partial charge in [0, 0.05) is 24.6 Å². The summed E-state index contributed by atoms with van der Waals surface area (Å²) in [7, 11) is 1.63. The van der Waals surface area contributed by atoms with E-state index in [0.717, 1.165) is 11.1 Å². The lowest BCUT2D eigenvalue weighted by molar-refractivity contribution is 0.0685. The van der Waals surface area contributed by atoms with E-state index in [9.17, 15) is 9.90 Å². The molecule has 1 aromatic carbocycles. The number of hydrogen-bond acceptors (Lipinski definition) is 6. The quantitative estimate of drug-likeness (QED) is 0.645. The number of carbonyl (C=O) groups is 1. The van der Waals surface area contributed by atoms with Gasteiger partial charge in [-0.15, -0.1) is 0 Å². The van der Waals surface area contributed by atoms with Gasteiger partial charge in [-0.25, -0.2) is 4.79 Å². The van der Waals surface area contributed by atoms with Crippen molar-refractivity contribution in [2.24, 2.45) is 7.05 Å². The molecule has 148 valence electrons. The highest BCUT2D eigenvalue weighted by Crippen LogP contribution is 2.24. The van der Waals surface area contributed by atoms with Crippen molar-refractivity contribution in [1.82, 2.24) is 25.2 Å². The van der Waals surface area contributed by atoms with Crippen LogP contribution in [0.15, 0.2) is 34.9 Å². The summed E-state index contributed by atoms with van der Waals surface area (Å²) in [5.41, 5.74) is 2.54. The highest BCUT2D eigenvalue weighted by Gasteiger charge is 2.27. The molecule has 0 amide bonds. The number of aromatic carboxylic acids is 1. The molecule has 0 aliphatic carbocycles. The minimum Gasteiger partial charge on any atom is -0.477 e. The second kappa shape index (κ2) is 7.55. The molecule has 0 spiro atoms. The Morgan fingerprint density at radius 3 is 2.75 bits per heavy atom. The van der Waals surface area contributed by atoms with E-state index in [1.54, 1.807) is 13.1 Å². The zero-order valence-electron chi connectivity index (χ0n) is 16.7. The normalized spacial score (nSPS) is 12.9. The van der Waals surface area contributed by atoms with E-state index in [2.05, 4.69) is 20.6 Å². The Morgan fingerprint density at radius 1 is 1.36 bits per heavy atom. The molecule has 0 fully saturated rings. The Labute approximate surface area is 163 Å². The third-order valence-corrected chi connectivity index (χ3v) is 4.73. The Hall–Kier alpha value is -3.00. The summed E-state index contributed by atoms with van der Waals surface area (Å²) < 4.78 is 6.81. The Balaban J connectivity index is 1.69. The van der Waals surface area contributed by atoms with Crippen LogP contribution in [0.2, 0.25) is 0 Å². The summed E-state index contributed by atoms with van der Waals surface area (Å²) in [6.45, 7) is 8.54. The van der Waals surface area contributed by atoms with E-state index in [0.29, 0.717) is 24.0 Å². The first kappa shape index (κ1) is 19.8. The van der Waals surface area contributed by atoms with Crippen LogP contribution in [-0.4, -0.2) is 37.5 Å². The highest BCUT2D eigenvalue weighted by molar-refractivity contribution is 5.85. The molecule has 0 aliphatic rings. The minimum atomic E-state index is -0.993. The smallest absolute Gasteiger partial charge is 0.354 e. The molecule has 28 heavy (non-hydrogen) atoms. The summed E-state index contributed by atoms with van der Waals surface area (Å²) in [5, 5.41) is 21.0. The van der Waals surface area contributed by atoms with Gasteiger partial charge in [0.15, 0.2) is 0 Å². The van der Waals surface area contributed by atoms with E-state index in [1.807, 2.05) is 52.0 Å². The molecule has 2 aromatic heterocycles. The Morgan fingerprint density at radius 2 is 2.11 bits per heavy atom. The van der Waals surface area contributed by atoms with Gasteiger partial charge >= 0.3 is 5.97 Å². The van der Waals surface area contributed by atoms with E-state index >= 15 is 0 Å². The number of nitrogens with zero attached hydrogens (tertiary/aromatic N) is 4. The fraction of sp³-hybridized carbons (Fsp3) is 0.400. The molecule has 0 radical (unpaired) electrons. The van der Waals surface area contributed by atoms with Gasteiger partial charge in [-0.3, -0.25) is 4.68 Å². The number of benzene rings is 1. The zero-order chi connectivity index (χ0) is 20.5. The Bertz CT molecular complexity index is 989. The van der Waals surface area contributed by atoms with Gasteiger partial charge in [-0.05, 0) is 26.0 Å². The summed E-state index contributed by atoms with van der Waals surface area (Å²) >= 11 is 0. The molecule has 8 heteroatoms. The second-order valence-corrected chi connectivity index (χ2v) is 7.66. The zero-order valence-corrected chi connectivity index (χ0v) is 16.7. The number of aromatic nitrogens is 4. The van der Waals surface area contributed by atoms with Crippen LogP contribution in [0.1, 0.15) is 54.4 Å². The van der Waals surface area contributed by atoms with Gasteiger partial charge in [0.05, 0.1) is 11.7 Å². The van der Waals surface area contributed by atoms with Crippen molar-refractivity contribution in [3.63, 3.8) is 0 Å². The highest BCUT2D eigenvalue weighted by atomic mass is 16.5. The molecular weight excluding hydrogens is 358 g/mol. The average molecular weight is 383 g/mol. The number of nitrogens with one attached hydrogen (secondary N) is 1. The van der Waals surface area contributed by atoms with Crippen LogP contribution in [0.4, 0.5) is 0 Å². The number of rotatable bonds is 7. The fourth-order valence-electron chi connectivity index (χ4n) is 2.90. The first-order valence-electron chi connectivity index (χ1n) is 9.09. The van der Waals surface area contributed by atoms with E-state index < -0.39 is 5.97 Å².